The van der Waals surface area contributed by atoms with Crippen molar-refractivity contribution >= 4 is 16.4 Å². The van der Waals surface area contributed by atoms with Crippen LogP contribution >= 0.6 is 0 Å². The summed E-state index contributed by atoms with van der Waals surface area (Å²) in [5.41, 5.74) is 0. The van der Waals surface area contributed by atoms with Crippen LogP contribution in [0.5, 0.6) is 0 Å². The molecule has 0 aliphatic heterocycles. The summed E-state index contributed by atoms with van der Waals surface area (Å²) >= 11 is 0. The summed E-state index contributed by atoms with van der Waals surface area (Å²) in [6.45, 7) is 6.60. The van der Waals surface area contributed by atoms with Crippen molar-refractivity contribution in [2.24, 2.45) is 0 Å². The molecular weight excluding hydrogens is 482 g/mol. The van der Waals surface area contributed by atoms with Gasteiger partial charge in [0.15, 0.2) is 0 Å². The number of carboxylic acid groups (broad SMARTS) is 1. The van der Waals surface area contributed by atoms with E-state index in [1.54, 1.807) is 13.8 Å². The Morgan fingerprint density at radius 3 is 1.53 bits per heavy atom. The van der Waals surface area contributed by atoms with Crippen LogP contribution in [0.4, 0.5) is 0 Å². The zero-order valence-electron chi connectivity index (χ0n) is 24.1. The van der Waals surface area contributed by atoms with E-state index in [0.717, 1.165) is 20.0 Å². The molecule has 2 atom stereocenters. The molecule has 0 aromatic heterocycles. The Bertz CT molecular complexity index is 609. The predicted molar refractivity (Wildman–Crippen MR) is 145 cm³/mol. The molecule has 36 heavy (non-hydrogen) atoms. The number of likely N-dealkylation sites (N-methyl/N-ethyl adjacent to an activating group) is 1. The van der Waals surface area contributed by atoms with E-state index in [9.17, 15) is 23.4 Å². The highest BCUT2D eigenvalue weighted by Gasteiger charge is 2.25. The van der Waals surface area contributed by atoms with Crippen LogP contribution in [0.15, 0.2) is 0 Å². The first-order chi connectivity index (χ1) is 16.8. The zero-order chi connectivity index (χ0) is 27.9. The number of aliphatic hydroxyl groups excluding tert-OH is 1. The second kappa shape index (κ2) is 23.4. The number of carboxylic acids is 1. The third-order valence-electron chi connectivity index (χ3n) is 5.98. The Balaban J connectivity index is 0. The lowest BCUT2D eigenvalue weighted by Gasteiger charge is -2.32. The number of hydrogen-bond donors (Lipinski definition) is 1. The van der Waals surface area contributed by atoms with Gasteiger partial charge in [-0.2, -0.15) is 8.42 Å². The fourth-order valence-electron chi connectivity index (χ4n) is 4.40. The summed E-state index contributed by atoms with van der Waals surface area (Å²) in [5.74, 6) is -0.903. The highest BCUT2D eigenvalue weighted by atomic mass is 32.3. The third-order valence-corrected chi connectivity index (χ3v) is 6.95. The standard InChI is InChI=1S/C18H36O2.C9H22NO5S/c1-2-3-4-5-6-7-8-9-10-11-12-13-14-15-16-17-18(19)20;1-8(11)6-10(3,4)7-9(2)15-16(12,13)14-5/h2-17H2,1H3,(H,19,20);8-9,11H,6-7H2,1-5H3/q;+1/p-1. The number of aliphatic carboxylic acids is 1. The Morgan fingerprint density at radius 1 is 0.806 bits per heavy atom. The highest BCUT2D eigenvalue weighted by Crippen LogP contribution is 2.13. The van der Waals surface area contributed by atoms with Gasteiger partial charge in [0.2, 0.25) is 0 Å². The van der Waals surface area contributed by atoms with E-state index >= 15 is 0 Å². The summed E-state index contributed by atoms with van der Waals surface area (Å²) in [6.07, 6.45) is 18.9. The number of quaternary nitrogens is 1. The first-order valence-electron chi connectivity index (χ1n) is 14.0. The fraction of sp³-hybridized carbons (Fsp3) is 0.963. The molecule has 9 heteroatoms. The lowest BCUT2D eigenvalue weighted by molar-refractivity contribution is -0.895. The number of carbonyl (C=O) groups excluding carboxylic acids is 1. The van der Waals surface area contributed by atoms with Gasteiger partial charge in [-0.15, -0.1) is 0 Å². The summed E-state index contributed by atoms with van der Waals surface area (Å²) in [5, 5.41) is 19.5. The van der Waals surface area contributed by atoms with Gasteiger partial charge in [-0.25, -0.2) is 4.18 Å². The monoisotopic (exact) mass is 539 g/mol. The number of rotatable bonds is 23. The van der Waals surface area contributed by atoms with Gasteiger partial charge in [-0.3, -0.25) is 4.18 Å². The van der Waals surface area contributed by atoms with Crippen LogP contribution in [-0.4, -0.2) is 70.5 Å². The SMILES string of the molecule is CCCCCCCCCCCCCCCCCC(=O)[O-].COS(=O)(=O)OC(C)C[N+](C)(C)CC(C)O. The molecule has 0 radical (unpaired) electrons. The molecule has 8 nitrogen and oxygen atoms in total. The van der Waals surface area contributed by atoms with E-state index in [1.807, 2.05) is 14.1 Å². The molecule has 1 N–H and O–H groups in total. The van der Waals surface area contributed by atoms with Crippen LogP contribution in [0.1, 0.15) is 124 Å². The average molecular weight is 540 g/mol. The molecule has 0 heterocycles. The minimum absolute atomic E-state index is 0.234. The molecule has 0 bridgehead atoms. The van der Waals surface area contributed by atoms with Gasteiger partial charge < -0.3 is 19.5 Å². The van der Waals surface area contributed by atoms with Crippen molar-refractivity contribution in [2.45, 2.75) is 136 Å². The second-order valence-electron chi connectivity index (χ2n) is 10.7. The molecule has 0 fully saturated rings. The van der Waals surface area contributed by atoms with Crippen molar-refractivity contribution < 1.29 is 36.3 Å². The van der Waals surface area contributed by atoms with Gasteiger partial charge in [0.1, 0.15) is 25.3 Å². The Kier molecular flexibility index (Phi) is 24.3. The first-order valence-corrected chi connectivity index (χ1v) is 15.4. The average Bonchev–Trinajstić information content (AvgIpc) is 2.75. The quantitative estimate of drug-likeness (QED) is 0.147. The minimum Gasteiger partial charge on any atom is -0.550 e. The molecule has 0 aromatic carbocycles. The number of hydrogen-bond acceptors (Lipinski definition) is 7. The van der Waals surface area contributed by atoms with Gasteiger partial charge in [-0.1, -0.05) is 96.8 Å². The van der Waals surface area contributed by atoms with Crippen molar-refractivity contribution in [3.05, 3.63) is 0 Å². The molecule has 0 amide bonds. The van der Waals surface area contributed by atoms with Gasteiger partial charge >= 0.3 is 10.4 Å². The number of unbranched alkanes of at least 4 members (excludes halogenated alkanes) is 14. The van der Waals surface area contributed by atoms with E-state index in [4.69, 9.17) is 4.18 Å². The Labute approximate surface area is 222 Å². The molecular formula is C27H57NO7S. The van der Waals surface area contributed by atoms with E-state index < -0.39 is 28.6 Å². The van der Waals surface area contributed by atoms with Crippen LogP contribution in [0.2, 0.25) is 0 Å². The maximum absolute atomic E-state index is 11.0. The van der Waals surface area contributed by atoms with Crippen LogP contribution in [0, 0.1) is 0 Å². The summed E-state index contributed by atoms with van der Waals surface area (Å²) < 4.78 is 31.5. The summed E-state index contributed by atoms with van der Waals surface area (Å²) in [4.78, 5) is 10.2. The second-order valence-corrected chi connectivity index (χ2v) is 12.0. The van der Waals surface area contributed by atoms with Crippen molar-refractivity contribution in [3.8, 4) is 0 Å². The third kappa shape index (κ3) is 29.5. The molecule has 0 rings (SSSR count). The van der Waals surface area contributed by atoms with E-state index in [1.165, 1.54) is 83.5 Å². The lowest BCUT2D eigenvalue weighted by atomic mass is 10.0. The number of carbonyl (C=O) groups is 1. The summed E-state index contributed by atoms with van der Waals surface area (Å²) in [7, 11) is 0.951. The zero-order valence-corrected chi connectivity index (χ0v) is 25.0. The van der Waals surface area contributed by atoms with Gasteiger partial charge in [0.05, 0.1) is 21.2 Å². The van der Waals surface area contributed by atoms with E-state index in [-0.39, 0.29) is 6.42 Å². The normalized spacial score (nSPS) is 13.6. The smallest absolute Gasteiger partial charge is 0.400 e. The first kappa shape index (κ1) is 37.4. The van der Waals surface area contributed by atoms with Crippen LogP contribution < -0.4 is 5.11 Å². The topological polar surface area (TPSA) is 113 Å². The lowest BCUT2D eigenvalue weighted by Crippen LogP contribution is -2.49. The molecule has 0 aliphatic rings. The molecule has 218 valence electrons. The summed E-state index contributed by atoms with van der Waals surface area (Å²) in [6, 6.07) is 0. The minimum atomic E-state index is -3.89. The van der Waals surface area contributed by atoms with E-state index in [2.05, 4.69) is 11.1 Å². The predicted octanol–water partition coefficient (Wildman–Crippen LogP) is 4.74. The van der Waals surface area contributed by atoms with Crippen LogP contribution in [-0.2, 0) is 23.6 Å². The molecule has 0 spiro atoms. The van der Waals surface area contributed by atoms with Crippen molar-refractivity contribution in [1.29, 1.82) is 0 Å². The van der Waals surface area contributed by atoms with Gasteiger partial charge in [0, 0.05) is 5.97 Å². The maximum Gasteiger partial charge on any atom is 0.400 e. The van der Waals surface area contributed by atoms with E-state index in [0.29, 0.717) is 17.6 Å². The van der Waals surface area contributed by atoms with Crippen molar-refractivity contribution in [3.63, 3.8) is 0 Å². The fourth-order valence-corrected chi connectivity index (χ4v) is 4.94. The number of nitrogens with zero attached hydrogens (tertiary/aromatic N) is 1. The van der Waals surface area contributed by atoms with Gasteiger partial charge in [-0.05, 0) is 26.7 Å². The van der Waals surface area contributed by atoms with Crippen LogP contribution in [0.25, 0.3) is 0 Å². The molecule has 0 aromatic rings. The van der Waals surface area contributed by atoms with Gasteiger partial charge in [0.25, 0.3) is 0 Å². The van der Waals surface area contributed by atoms with Crippen molar-refractivity contribution in [2.75, 3.05) is 34.3 Å². The van der Waals surface area contributed by atoms with Crippen LogP contribution in [0.3, 0.4) is 0 Å². The van der Waals surface area contributed by atoms with Crippen molar-refractivity contribution in [1.82, 2.24) is 0 Å². The Hall–Kier alpha value is -0.740. The molecule has 0 saturated heterocycles. The molecule has 2 unspecified atom stereocenters. The Morgan fingerprint density at radius 2 is 1.19 bits per heavy atom. The highest BCUT2D eigenvalue weighted by molar-refractivity contribution is 7.81. The largest absolute Gasteiger partial charge is 0.550 e. The maximum atomic E-state index is 11.0. The molecule has 0 saturated carbocycles. The number of aliphatic hydroxyl groups is 1. The molecule has 0 aliphatic carbocycles.